The Morgan fingerprint density at radius 2 is 2.24 bits per heavy atom. The molecule has 1 amide bonds. The molecule has 0 saturated carbocycles. The van der Waals surface area contributed by atoms with Gasteiger partial charge in [-0.2, -0.15) is 0 Å². The van der Waals surface area contributed by atoms with E-state index in [4.69, 9.17) is 9.47 Å². The molecule has 1 unspecified atom stereocenters. The summed E-state index contributed by atoms with van der Waals surface area (Å²) in [6.45, 7) is 5.46. The fourth-order valence-corrected chi connectivity index (χ4v) is 2.22. The SMILES string of the molecule is O=C(CCOCC1CCCO1)N1CCNCC1. The van der Waals surface area contributed by atoms with Crippen LogP contribution < -0.4 is 5.32 Å². The first kappa shape index (κ1) is 12.8. The molecule has 0 aromatic carbocycles. The van der Waals surface area contributed by atoms with Gasteiger partial charge in [0.25, 0.3) is 0 Å². The van der Waals surface area contributed by atoms with Crippen LogP contribution in [-0.2, 0) is 14.3 Å². The summed E-state index contributed by atoms with van der Waals surface area (Å²) >= 11 is 0. The van der Waals surface area contributed by atoms with Crippen LogP contribution in [0.2, 0.25) is 0 Å². The number of carbonyl (C=O) groups is 1. The number of hydrogen-bond donors (Lipinski definition) is 1. The van der Waals surface area contributed by atoms with Crippen LogP contribution in [0.5, 0.6) is 0 Å². The van der Waals surface area contributed by atoms with Crippen LogP contribution >= 0.6 is 0 Å². The number of rotatable bonds is 5. The first-order valence-electron chi connectivity index (χ1n) is 6.54. The lowest BCUT2D eigenvalue weighted by molar-refractivity contribution is -0.133. The van der Waals surface area contributed by atoms with E-state index in [1.54, 1.807) is 0 Å². The number of carbonyl (C=O) groups excluding carboxylic acids is 1. The van der Waals surface area contributed by atoms with E-state index >= 15 is 0 Å². The highest BCUT2D eigenvalue weighted by molar-refractivity contribution is 5.76. The van der Waals surface area contributed by atoms with E-state index in [2.05, 4.69) is 5.32 Å². The van der Waals surface area contributed by atoms with E-state index in [-0.39, 0.29) is 12.0 Å². The van der Waals surface area contributed by atoms with Gasteiger partial charge in [-0.1, -0.05) is 0 Å². The summed E-state index contributed by atoms with van der Waals surface area (Å²) < 4.78 is 10.9. The predicted octanol–water partition coefficient (Wildman–Crippen LogP) is 0.00390. The first-order chi connectivity index (χ1) is 8.36. The zero-order chi connectivity index (χ0) is 11.9. The molecule has 17 heavy (non-hydrogen) atoms. The third kappa shape index (κ3) is 4.26. The topological polar surface area (TPSA) is 50.8 Å². The molecule has 98 valence electrons. The molecular weight excluding hydrogens is 220 g/mol. The Morgan fingerprint density at radius 1 is 1.41 bits per heavy atom. The fourth-order valence-electron chi connectivity index (χ4n) is 2.22. The molecule has 5 heteroatoms. The smallest absolute Gasteiger partial charge is 0.224 e. The van der Waals surface area contributed by atoms with Crippen LogP contribution in [0, 0.1) is 0 Å². The minimum absolute atomic E-state index is 0.207. The van der Waals surface area contributed by atoms with Crippen molar-refractivity contribution in [1.29, 1.82) is 0 Å². The van der Waals surface area contributed by atoms with Crippen molar-refractivity contribution in [2.75, 3.05) is 46.0 Å². The summed E-state index contributed by atoms with van der Waals surface area (Å²) in [5, 5.41) is 3.23. The summed E-state index contributed by atoms with van der Waals surface area (Å²) in [5.41, 5.74) is 0. The van der Waals surface area contributed by atoms with Gasteiger partial charge in [0.1, 0.15) is 0 Å². The molecule has 0 bridgehead atoms. The largest absolute Gasteiger partial charge is 0.378 e. The number of amides is 1. The highest BCUT2D eigenvalue weighted by Crippen LogP contribution is 2.12. The van der Waals surface area contributed by atoms with E-state index in [1.807, 2.05) is 4.90 Å². The Kier molecular flexibility index (Phi) is 5.22. The molecule has 2 aliphatic heterocycles. The zero-order valence-electron chi connectivity index (χ0n) is 10.3. The third-order valence-electron chi connectivity index (χ3n) is 3.26. The molecule has 0 radical (unpaired) electrons. The van der Waals surface area contributed by atoms with Crippen LogP contribution in [0.25, 0.3) is 0 Å². The molecule has 1 N–H and O–H groups in total. The van der Waals surface area contributed by atoms with Crippen LogP contribution in [-0.4, -0.2) is 62.9 Å². The monoisotopic (exact) mass is 242 g/mol. The van der Waals surface area contributed by atoms with E-state index in [1.165, 1.54) is 0 Å². The quantitative estimate of drug-likeness (QED) is 0.690. The molecule has 2 saturated heterocycles. The van der Waals surface area contributed by atoms with E-state index in [0.717, 1.165) is 45.6 Å². The van der Waals surface area contributed by atoms with Gasteiger partial charge in [-0.05, 0) is 12.8 Å². The molecule has 2 rings (SSSR count). The molecule has 0 spiro atoms. The summed E-state index contributed by atoms with van der Waals surface area (Å²) in [4.78, 5) is 13.7. The van der Waals surface area contributed by atoms with Gasteiger partial charge in [0, 0.05) is 32.8 Å². The number of nitrogens with zero attached hydrogens (tertiary/aromatic N) is 1. The fraction of sp³-hybridized carbons (Fsp3) is 0.917. The van der Waals surface area contributed by atoms with Crippen molar-refractivity contribution in [2.24, 2.45) is 0 Å². The van der Waals surface area contributed by atoms with Gasteiger partial charge in [0.2, 0.25) is 5.91 Å². The predicted molar refractivity (Wildman–Crippen MR) is 63.9 cm³/mol. The van der Waals surface area contributed by atoms with Crippen molar-refractivity contribution in [3.63, 3.8) is 0 Å². The highest BCUT2D eigenvalue weighted by atomic mass is 16.5. The second-order valence-corrected chi connectivity index (χ2v) is 4.59. The maximum absolute atomic E-state index is 11.8. The minimum atomic E-state index is 0.207. The van der Waals surface area contributed by atoms with Gasteiger partial charge in [-0.3, -0.25) is 4.79 Å². The standard InChI is InChI=1S/C12H22N2O3/c15-12(14-6-4-13-5-7-14)3-9-16-10-11-2-1-8-17-11/h11,13H,1-10H2. The molecule has 0 aromatic rings. The molecule has 2 aliphatic rings. The van der Waals surface area contributed by atoms with Gasteiger partial charge in [-0.25, -0.2) is 0 Å². The van der Waals surface area contributed by atoms with E-state index in [0.29, 0.717) is 19.6 Å². The maximum Gasteiger partial charge on any atom is 0.224 e. The van der Waals surface area contributed by atoms with Gasteiger partial charge in [-0.15, -0.1) is 0 Å². The Hall–Kier alpha value is -0.650. The third-order valence-corrected chi connectivity index (χ3v) is 3.26. The zero-order valence-corrected chi connectivity index (χ0v) is 10.3. The lowest BCUT2D eigenvalue weighted by Gasteiger charge is -2.27. The summed E-state index contributed by atoms with van der Waals surface area (Å²) in [6.07, 6.45) is 2.97. The van der Waals surface area contributed by atoms with E-state index < -0.39 is 0 Å². The Morgan fingerprint density at radius 3 is 2.94 bits per heavy atom. The number of ether oxygens (including phenoxy) is 2. The normalized spacial score (nSPS) is 25.2. The van der Waals surface area contributed by atoms with Crippen LogP contribution in [0.3, 0.4) is 0 Å². The first-order valence-corrected chi connectivity index (χ1v) is 6.54. The van der Waals surface area contributed by atoms with Gasteiger partial charge >= 0.3 is 0 Å². The Labute approximate surface area is 102 Å². The maximum atomic E-state index is 11.8. The second-order valence-electron chi connectivity index (χ2n) is 4.59. The van der Waals surface area contributed by atoms with Crippen molar-refractivity contribution in [1.82, 2.24) is 10.2 Å². The molecule has 0 aliphatic carbocycles. The molecule has 2 fully saturated rings. The van der Waals surface area contributed by atoms with Crippen LogP contribution in [0.1, 0.15) is 19.3 Å². The second kappa shape index (κ2) is 6.93. The van der Waals surface area contributed by atoms with Gasteiger partial charge in [0.15, 0.2) is 0 Å². The average Bonchev–Trinajstić information content (AvgIpc) is 2.88. The Bertz CT molecular complexity index is 236. The molecular formula is C12H22N2O3. The number of hydrogen-bond acceptors (Lipinski definition) is 4. The van der Waals surface area contributed by atoms with Crippen molar-refractivity contribution in [3.05, 3.63) is 0 Å². The number of nitrogens with one attached hydrogen (secondary N) is 1. The lowest BCUT2D eigenvalue weighted by atomic mass is 10.2. The summed E-state index contributed by atoms with van der Waals surface area (Å²) in [7, 11) is 0. The summed E-state index contributed by atoms with van der Waals surface area (Å²) in [6, 6.07) is 0. The van der Waals surface area contributed by atoms with Crippen molar-refractivity contribution >= 4 is 5.91 Å². The van der Waals surface area contributed by atoms with Crippen molar-refractivity contribution in [2.45, 2.75) is 25.4 Å². The Balaban J connectivity index is 1.53. The van der Waals surface area contributed by atoms with Crippen molar-refractivity contribution in [3.8, 4) is 0 Å². The van der Waals surface area contributed by atoms with Gasteiger partial charge in [0.05, 0.1) is 25.7 Å². The minimum Gasteiger partial charge on any atom is -0.378 e. The molecule has 0 aromatic heterocycles. The van der Waals surface area contributed by atoms with Crippen molar-refractivity contribution < 1.29 is 14.3 Å². The summed E-state index contributed by atoms with van der Waals surface area (Å²) in [5.74, 6) is 0.207. The van der Waals surface area contributed by atoms with Crippen LogP contribution in [0.15, 0.2) is 0 Å². The molecule has 2 heterocycles. The van der Waals surface area contributed by atoms with E-state index in [9.17, 15) is 4.79 Å². The molecule has 5 nitrogen and oxygen atoms in total. The lowest BCUT2D eigenvalue weighted by Crippen LogP contribution is -2.46. The van der Waals surface area contributed by atoms with Crippen LogP contribution in [0.4, 0.5) is 0 Å². The average molecular weight is 242 g/mol. The van der Waals surface area contributed by atoms with Gasteiger partial charge < -0.3 is 19.7 Å². The number of piperazine rings is 1. The molecule has 1 atom stereocenters. The highest BCUT2D eigenvalue weighted by Gasteiger charge is 2.17.